The predicted molar refractivity (Wildman–Crippen MR) is 116 cm³/mol. The summed E-state index contributed by atoms with van der Waals surface area (Å²) >= 11 is 0. The van der Waals surface area contributed by atoms with Crippen LogP contribution in [-0.2, 0) is 4.74 Å². The maximum atomic E-state index is 6.24. The largest absolute Gasteiger partial charge is 0.380 e. The molecule has 0 bridgehead atoms. The molecule has 2 heteroatoms. The summed E-state index contributed by atoms with van der Waals surface area (Å²) in [5.41, 5.74) is 1.49. The van der Waals surface area contributed by atoms with Crippen molar-refractivity contribution in [2.75, 3.05) is 6.61 Å². The Morgan fingerprint density at radius 3 is 2.35 bits per heavy atom. The monoisotopic (exact) mass is 358 g/mol. The Morgan fingerprint density at radius 2 is 1.62 bits per heavy atom. The summed E-state index contributed by atoms with van der Waals surface area (Å²) in [6, 6.07) is 20.5. The molecule has 0 aromatic heterocycles. The van der Waals surface area contributed by atoms with Gasteiger partial charge in [0.2, 0.25) is 0 Å². The summed E-state index contributed by atoms with van der Waals surface area (Å²) in [5, 5.41) is 8.51. The summed E-state index contributed by atoms with van der Waals surface area (Å²) in [7, 11) is 1.12. The first-order chi connectivity index (χ1) is 12.6. The lowest BCUT2D eigenvalue weighted by Crippen LogP contribution is -2.38. The quantitative estimate of drug-likeness (QED) is 0.355. The number of benzene rings is 4. The Labute approximate surface area is 158 Å². The third-order valence-electron chi connectivity index (χ3n) is 6.38. The van der Waals surface area contributed by atoms with Gasteiger partial charge in [0.1, 0.15) is 0 Å². The van der Waals surface area contributed by atoms with Crippen LogP contribution in [0.25, 0.3) is 32.3 Å². The van der Waals surface area contributed by atoms with Gasteiger partial charge < -0.3 is 4.74 Å². The highest BCUT2D eigenvalue weighted by Crippen LogP contribution is 2.40. The second kappa shape index (κ2) is 6.07. The van der Waals surface area contributed by atoms with Gasteiger partial charge in [0.15, 0.2) is 0 Å². The fourth-order valence-electron chi connectivity index (χ4n) is 5.10. The molecule has 1 aliphatic heterocycles. The highest BCUT2D eigenvalue weighted by Gasteiger charge is 2.30. The molecule has 2 atom stereocenters. The maximum absolute atomic E-state index is 6.24. The van der Waals surface area contributed by atoms with Gasteiger partial charge in [0.05, 0.1) is 0 Å². The van der Waals surface area contributed by atoms with Crippen molar-refractivity contribution in [2.24, 2.45) is 0 Å². The zero-order valence-electron chi connectivity index (χ0n) is 15.7. The van der Waals surface area contributed by atoms with Crippen molar-refractivity contribution < 1.29 is 4.74 Å². The average Bonchev–Trinajstić information content (AvgIpc) is 2.66. The minimum atomic E-state index is 0.168. The molecule has 132 valence electrons. The van der Waals surface area contributed by atoms with E-state index in [0.717, 1.165) is 23.3 Å². The summed E-state index contributed by atoms with van der Waals surface area (Å²) in [6.07, 6.45) is 4.96. The molecule has 4 aromatic carbocycles. The normalized spacial score (nSPS) is 22.5. The van der Waals surface area contributed by atoms with Crippen molar-refractivity contribution in [3.05, 3.63) is 60.2 Å². The van der Waals surface area contributed by atoms with Gasteiger partial charge in [-0.25, -0.2) is 0 Å². The van der Waals surface area contributed by atoms with Gasteiger partial charge in [-0.2, -0.15) is 0 Å². The smallest absolute Gasteiger partial charge is 0.0491 e. The minimum absolute atomic E-state index is 0.168. The van der Waals surface area contributed by atoms with Crippen LogP contribution < -0.4 is 0 Å². The molecule has 26 heavy (non-hydrogen) atoms. The highest BCUT2D eigenvalue weighted by atomic mass is 28.1. The third kappa shape index (κ3) is 2.55. The van der Waals surface area contributed by atoms with E-state index in [-0.39, 0.29) is 5.22 Å². The summed E-state index contributed by atoms with van der Waals surface area (Å²) in [5.74, 6) is 0.523. The number of hydrogen-bond acceptors (Lipinski definition) is 1. The van der Waals surface area contributed by atoms with Gasteiger partial charge in [0.25, 0.3) is 0 Å². The fourth-order valence-corrected chi connectivity index (χ4v) is 6.27. The fraction of sp³-hybridized carbons (Fsp3) is 0.333. The first kappa shape index (κ1) is 16.3. The Morgan fingerprint density at radius 1 is 0.923 bits per heavy atom. The van der Waals surface area contributed by atoms with Crippen LogP contribution in [0.15, 0.2) is 54.6 Å². The van der Waals surface area contributed by atoms with Gasteiger partial charge in [-0.15, -0.1) is 0 Å². The molecule has 5 rings (SSSR count). The number of ether oxygens (including phenoxy) is 1. The van der Waals surface area contributed by atoms with Gasteiger partial charge in [-0.05, 0) is 69.5 Å². The molecule has 0 amide bonds. The first-order valence-corrected chi connectivity index (χ1v) is 11.0. The lowest BCUT2D eigenvalue weighted by molar-refractivity contribution is -0.0258. The third-order valence-corrected chi connectivity index (χ3v) is 7.58. The predicted octanol–water partition coefficient (Wildman–Crippen LogP) is 5.34. The molecule has 1 fully saturated rings. The van der Waals surface area contributed by atoms with Crippen LogP contribution in [0.2, 0.25) is 0 Å². The van der Waals surface area contributed by atoms with E-state index in [9.17, 15) is 0 Å². The van der Waals surface area contributed by atoms with Crippen LogP contribution in [0.5, 0.6) is 0 Å². The standard InChI is InChI=1S/C24H26OSi/c1-16(15-24(26)13-2-3-14-25-24)20-11-9-19-8-7-17-5-4-6-18-10-12-21(20)23(19)22(17)18/h4-12,16H,2-3,13-15H2,1,26H3. The van der Waals surface area contributed by atoms with Gasteiger partial charge in [0, 0.05) is 22.1 Å². The van der Waals surface area contributed by atoms with Crippen molar-refractivity contribution in [3.8, 4) is 0 Å². The van der Waals surface area contributed by atoms with Crippen LogP contribution in [-0.4, -0.2) is 22.1 Å². The summed E-state index contributed by atoms with van der Waals surface area (Å²) in [6.45, 7) is 3.35. The van der Waals surface area contributed by atoms with Crippen molar-refractivity contribution in [2.45, 2.75) is 43.7 Å². The van der Waals surface area contributed by atoms with Crippen molar-refractivity contribution in [1.29, 1.82) is 0 Å². The van der Waals surface area contributed by atoms with E-state index in [1.54, 1.807) is 0 Å². The van der Waals surface area contributed by atoms with Crippen LogP contribution >= 0.6 is 0 Å². The lowest BCUT2D eigenvalue weighted by atomic mass is 9.85. The van der Waals surface area contributed by atoms with Crippen molar-refractivity contribution >= 4 is 42.6 Å². The number of rotatable bonds is 3. The molecule has 2 unspecified atom stereocenters. The van der Waals surface area contributed by atoms with Gasteiger partial charge >= 0.3 is 0 Å². The van der Waals surface area contributed by atoms with Crippen LogP contribution in [0.1, 0.15) is 44.1 Å². The Bertz CT molecular complexity index is 1060. The molecule has 0 aliphatic carbocycles. The van der Waals surface area contributed by atoms with E-state index in [2.05, 4.69) is 61.5 Å². The zero-order valence-corrected chi connectivity index (χ0v) is 17.7. The van der Waals surface area contributed by atoms with Crippen LogP contribution in [0, 0.1) is 0 Å². The highest BCUT2D eigenvalue weighted by molar-refractivity contribution is 6.23. The molecule has 1 nitrogen and oxygen atoms in total. The van der Waals surface area contributed by atoms with E-state index >= 15 is 0 Å². The summed E-state index contributed by atoms with van der Waals surface area (Å²) in [4.78, 5) is 0. The Hall–Kier alpha value is -1.90. The molecule has 0 radical (unpaired) electrons. The first-order valence-electron chi connectivity index (χ1n) is 9.95. The Balaban J connectivity index is 1.66. The van der Waals surface area contributed by atoms with E-state index in [4.69, 9.17) is 4.74 Å². The van der Waals surface area contributed by atoms with E-state index in [0.29, 0.717) is 5.92 Å². The van der Waals surface area contributed by atoms with Crippen LogP contribution in [0.4, 0.5) is 0 Å². The molecule has 1 heterocycles. The topological polar surface area (TPSA) is 9.23 Å². The van der Waals surface area contributed by atoms with E-state index in [1.807, 2.05) is 0 Å². The molecule has 4 aromatic rings. The molecule has 1 aliphatic rings. The lowest BCUT2D eigenvalue weighted by Gasteiger charge is -2.36. The van der Waals surface area contributed by atoms with Crippen LogP contribution in [0.3, 0.4) is 0 Å². The molecule has 0 spiro atoms. The second-order valence-electron chi connectivity index (χ2n) is 8.37. The van der Waals surface area contributed by atoms with E-state index in [1.165, 1.54) is 57.1 Å². The van der Waals surface area contributed by atoms with E-state index < -0.39 is 0 Å². The number of hydrogen-bond donors (Lipinski definition) is 0. The Kier molecular flexibility index (Phi) is 3.80. The SMILES string of the molecule is CC(CC1([SiH3])CCCCO1)c1ccc2ccc3cccc4ccc1c2c34. The second-order valence-corrected chi connectivity index (χ2v) is 10.2. The average molecular weight is 359 g/mol. The minimum Gasteiger partial charge on any atom is -0.380 e. The molecule has 0 N–H and O–H groups in total. The molecular weight excluding hydrogens is 332 g/mol. The van der Waals surface area contributed by atoms with Crippen molar-refractivity contribution in [3.63, 3.8) is 0 Å². The van der Waals surface area contributed by atoms with Crippen molar-refractivity contribution in [1.82, 2.24) is 0 Å². The maximum Gasteiger partial charge on any atom is 0.0491 e. The zero-order chi connectivity index (χ0) is 17.7. The molecule has 1 saturated heterocycles. The van der Waals surface area contributed by atoms with Gasteiger partial charge in [-0.1, -0.05) is 61.5 Å². The molecule has 0 saturated carbocycles. The summed E-state index contributed by atoms with van der Waals surface area (Å²) < 4.78 is 6.24. The van der Waals surface area contributed by atoms with Gasteiger partial charge in [-0.3, -0.25) is 0 Å². The molecular formula is C24H26OSi.